The van der Waals surface area contributed by atoms with Gasteiger partial charge in [-0.05, 0) is 35.9 Å². The van der Waals surface area contributed by atoms with Crippen molar-refractivity contribution >= 4 is 67.3 Å². The third-order valence-corrected chi connectivity index (χ3v) is 6.03. The average Bonchev–Trinajstić information content (AvgIpc) is 3.84. The summed E-state index contributed by atoms with van der Waals surface area (Å²) in [6.07, 6.45) is 13.5. The zero-order valence-electron chi connectivity index (χ0n) is 22.1. The van der Waals surface area contributed by atoms with Crippen LogP contribution in [-0.2, 0) is 0 Å². The first-order chi connectivity index (χ1) is 20.6. The number of hydrogen-bond donors (Lipinski definition) is 4. The quantitative estimate of drug-likeness (QED) is 0.152. The summed E-state index contributed by atoms with van der Waals surface area (Å²) < 4.78 is 9.86. The summed E-state index contributed by atoms with van der Waals surface area (Å²) in [6, 6.07) is 7.92. The number of methoxy groups -OCH3 is 2. The topological polar surface area (TPSA) is 185 Å². The molecule has 8 rings (SSSR count). The van der Waals surface area contributed by atoms with Crippen molar-refractivity contribution < 1.29 is 9.47 Å². The number of nitrogens with one attached hydrogen (secondary N) is 4. The predicted octanol–water partition coefficient (Wildman–Crippen LogP) is 5.16. The first kappa shape index (κ1) is 28.2. The van der Waals surface area contributed by atoms with Gasteiger partial charge in [0, 0.05) is 48.0 Å². The van der Waals surface area contributed by atoms with Gasteiger partial charge >= 0.3 is 6.01 Å². The van der Waals surface area contributed by atoms with E-state index in [1.54, 1.807) is 39.0 Å². The van der Waals surface area contributed by atoms with Gasteiger partial charge in [-0.2, -0.15) is 9.97 Å². The van der Waals surface area contributed by atoms with Crippen molar-refractivity contribution in [2.45, 2.75) is 0 Å². The maximum atomic E-state index is 5.73. The Kier molecular flexibility index (Phi) is 8.96. The Balaban J connectivity index is 0.000000112. The second kappa shape index (κ2) is 13.3. The summed E-state index contributed by atoms with van der Waals surface area (Å²) in [5.41, 5.74) is 3.16. The molecule has 0 aromatic carbocycles. The average molecular weight is 605 g/mol. The summed E-state index contributed by atoms with van der Waals surface area (Å²) >= 11 is 11.3. The van der Waals surface area contributed by atoms with E-state index in [9.17, 15) is 0 Å². The molecule has 0 saturated heterocycles. The lowest BCUT2D eigenvalue weighted by molar-refractivity contribution is 0.381. The Morgan fingerprint density at radius 2 is 1.14 bits per heavy atom. The lowest BCUT2D eigenvalue weighted by atomic mass is 10.4. The highest BCUT2D eigenvalue weighted by Gasteiger charge is 2.02. The van der Waals surface area contributed by atoms with Crippen LogP contribution in [0.5, 0.6) is 11.9 Å². The molecule has 8 aromatic rings. The number of halogens is 2. The third kappa shape index (κ3) is 6.68. The van der Waals surface area contributed by atoms with E-state index in [4.69, 9.17) is 32.7 Å². The Labute approximate surface area is 247 Å². The van der Waals surface area contributed by atoms with Crippen LogP contribution in [0.1, 0.15) is 0 Å². The van der Waals surface area contributed by atoms with Crippen LogP contribution in [-0.4, -0.2) is 74.0 Å². The maximum Gasteiger partial charge on any atom is 0.318 e. The number of aromatic nitrogens is 12. The Morgan fingerprint density at radius 3 is 1.81 bits per heavy atom. The van der Waals surface area contributed by atoms with Crippen LogP contribution < -0.4 is 9.47 Å². The molecule has 0 aliphatic heterocycles. The van der Waals surface area contributed by atoms with Crippen LogP contribution in [0.2, 0.25) is 10.4 Å². The minimum Gasteiger partial charge on any atom is -0.480 e. The summed E-state index contributed by atoms with van der Waals surface area (Å²) in [7, 11) is 3.14. The smallest absolute Gasteiger partial charge is 0.318 e. The van der Waals surface area contributed by atoms with Gasteiger partial charge in [-0.3, -0.25) is 0 Å². The molecule has 212 valence electrons. The number of H-pyrrole nitrogens is 4. The van der Waals surface area contributed by atoms with Crippen LogP contribution in [0.15, 0.2) is 74.1 Å². The Hall–Kier alpha value is -5.34. The van der Waals surface area contributed by atoms with E-state index >= 15 is 0 Å². The van der Waals surface area contributed by atoms with Crippen LogP contribution >= 0.6 is 23.2 Å². The predicted molar refractivity (Wildman–Crippen MR) is 159 cm³/mol. The fourth-order valence-corrected chi connectivity index (χ4v) is 3.92. The Bertz CT molecular complexity index is 2030. The van der Waals surface area contributed by atoms with E-state index in [2.05, 4.69) is 59.8 Å². The number of hydrogen-bond acceptors (Lipinski definition) is 10. The fraction of sp³-hybridized carbons (Fsp3) is 0.0769. The van der Waals surface area contributed by atoms with Crippen molar-refractivity contribution in [1.29, 1.82) is 0 Å². The van der Waals surface area contributed by atoms with Crippen LogP contribution in [0, 0.1) is 0 Å². The van der Waals surface area contributed by atoms with E-state index in [0.717, 1.165) is 44.1 Å². The molecule has 0 aliphatic carbocycles. The second-order valence-corrected chi connectivity index (χ2v) is 8.78. The number of aromatic amines is 4. The molecule has 0 radical (unpaired) electrons. The van der Waals surface area contributed by atoms with Crippen LogP contribution in [0.3, 0.4) is 0 Å². The van der Waals surface area contributed by atoms with Gasteiger partial charge in [-0.25, -0.2) is 29.9 Å². The van der Waals surface area contributed by atoms with Gasteiger partial charge in [-0.1, -0.05) is 11.6 Å². The monoisotopic (exact) mass is 604 g/mol. The number of rotatable bonds is 2. The second-order valence-electron chi connectivity index (χ2n) is 8.09. The van der Waals surface area contributed by atoms with Gasteiger partial charge < -0.3 is 29.4 Å². The molecular formula is C26H22Cl2N12O2. The largest absolute Gasteiger partial charge is 0.480 e. The standard InChI is InChI=1S/2C7H7N3O.2C6H4ClN3/c1-11-7-5-2-3-8-6(5)9-4-10-7;1-11-7-9-4-5-2-3-8-6(5)10-7;7-5-4-1-2-8-6(4)10-3-9-5;7-6-9-3-4-1-2-8-5(4)10-6/h2*2-4H,1H3,(H,8,9,10);2*1-3H,(H,8,9,10). The molecule has 16 heteroatoms. The fourth-order valence-electron chi connectivity index (χ4n) is 3.59. The van der Waals surface area contributed by atoms with Gasteiger partial charge in [0.15, 0.2) is 0 Å². The summed E-state index contributed by atoms with van der Waals surface area (Å²) in [5, 5.41) is 4.51. The summed E-state index contributed by atoms with van der Waals surface area (Å²) in [5.74, 6) is 0.608. The molecule has 4 N–H and O–H groups in total. The molecular weight excluding hydrogens is 583 g/mol. The molecule has 14 nitrogen and oxygen atoms in total. The van der Waals surface area contributed by atoms with Gasteiger partial charge in [0.2, 0.25) is 11.2 Å². The molecule has 0 atom stereocenters. The highest BCUT2D eigenvalue weighted by Crippen LogP contribution is 2.19. The SMILES string of the molecule is COc1ncc2cc[nH]c2n1.COc1ncnc2[nH]ccc12.Clc1ncc2cc[nH]c2n1.Clc1ncnc2[nH]ccc12. The molecule has 0 saturated carbocycles. The zero-order chi connectivity index (χ0) is 29.3. The molecule has 0 bridgehead atoms. The molecule has 0 unspecified atom stereocenters. The van der Waals surface area contributed by atoms with Crippen molar-refractivity contribution in [1.82, 2.24) is 59.8 Å². The zero-order valence-corrected chi connectivity index (χ0v) is 23.6. The van der Waals surface area contributed by atoms with Crippen molar-refractivity contribution in [3.8, 4) is 11.9 Å². The normalized spacial score (nSPS) is 10.4. The van der Waals surface area contributed by atoms with E-state index in [0.29, 0.717) is 17.0 Å². The van der Waals surface area contributed by atoms with E-state index in [1.165, 1.54) is 12.7 Å². The molecule has 42 heavy (non-hydrogen) atoms. The molecule has 0 fully saturated rings. The minimum atomic E-state index is 0.273. The van der Waals surface area contributed by atoms with Crippen LogP contribution in [0.25, 0.3) is 44.1 Å². The highest BCUT2D eigenvalue weighted by molar-refractivity contribution is 6.33. The summed E-state index contributed by atoms with van der Waals surface area (Å²) in [4.78, 5) is 43.2. The van der Waals surface area contributed by atoms with Crippen molar-refractivity contribution in [2.24, 2.45) is 0 Å². The van der Waals surface area contributed by atoms with Gasteiger partial charge in [0.05, 0.1) is 25.0 Å². The van der Waals surface area contributed by atoms with E-state index in [1.807, 2.05) is 36.7 Å². The van der Waals surface area contributed by atoms with Gasteiger partial charge in [-0.15, -0.1) is 0 Å². The first-order valence-corrected chi connectivity index (χ1v) is 12.9. The van der Waals surface area contributed by atoms with Gasteiger partial charge in [0.1, 0.15) is 40.4 Å². The van der Waals surface area contributed by atoms with E-state index < -0.39 is 0 Å². The minimum absolute atomic E-state index is 0.273. The van der Waals surface area contributed by atoms with Crippen molar-refractivity contribution in [2.75, 3.05) is 14.2 Å². The number of fused-ring (bicyclic) bond motifs is 4. The molecule has 0 amide bonds. The highest BCUT2D eigenvalue weighted by atomic mass is 35.5. The Morgan fingerprint density at radius 1 is 0.571 bits per heavy atom. The molecule has 0 spiro atoms. The number of nitrogens with zero attached hydrogens (tertiary/aromatic N) is 8. The number of ether oxygens (including phenoxy) is 2. The third-order valence-electron chi connectivity index (χ3n) is 5.55. The molecule has 8 aromatic heterocycles. The first-order valence-electron chi connectivity index (χ1n) is 12.1. The van der Waals surface area contributed by atoms with Crippen molar-refractivity contribution in [3.05, 3.63) is 84.5 Å². The molecule has 0 aliphatic rings. The maximum absolute atomic E-state index is 5.73. The van der Waals surface area contributed by atoms with Gasteiger partial charge in [0.25, 0.3) is 0 Å². The van der Waals surface area contributed by atoms with Crippen molar-refractivity contribution in [3.63, 3.8) is 0 Å². The lowest BCUT2D eigenvalue weighted by Gasteiger charge is -1.96. The molecule has 8 heterocycles. The van der Waals surface area contributed by atoms with Crippen LogP contribution in [0.4, 0.5) is 0 Å². The lowest BCUT2D eigenvalue weighted by Crippen LogP contribution is -1.90. The van der Waals surface area contributed by atoms with E-state index in [-0.39, 0.29) is 5.28 Å². The summed E-state index contributed by atoms with van der Waals surface area (Å²) in [6.45, 7) is 0.